The Bertz CT molecular complexity index is 1270. The van der Waals surface area contributed by atoms with Crippen LogP contribution in [0.25, 0.3) is 6.08 Å². The molecule has 3 rings (SSSR count). The van der Waals surface area contributed by atoms with Gasteiger partial charge in [-0.1, -0.05) is 35.9 Å². The molecule has 180 valence electrons. The first kappa shape index (κ1) is 25.5. The summed E-state index contributed by atoms with van der Waals surface area (Å²) in [7, 11) is 1.49. The fourth-order valence-electron chi connectivity index (χ4n) is 3.44. The van der Waals surface area contributed by atoms with Gasteiger partial charge in [0.15, 0.2) is 11.5 Å². The number of benzene rings is 2. The minimum atomic E-state index is -0.722. The van der Waals surface area contributed by atoms with E-state index in [0.717, 1.165) is 10.5 Å². The van der Waals surface area contributed by atoms with E-state index in [1.807, 2.05) is 24.3 Å². The number of halogens is 1. The van der Waals surface area contributed by atoms with Gasteiger partial charge >= 0.3 is 5.97 Å². The molecule has 0 unspecified atom stereocenters. The van der Waals surface area contributed by atoms with E-state index in [4.69, 9.17) is 25.8 Å². The number of esters is 1. The van der Waals surface area contributed by atoms with Crippen molar-refractivity contribution in [2.45, 2.75) is 20.5 Å². The zero-order valence-electron chi connectivity index (χ0n) is 19.5. The highest BCUT2D eigenvalue weighted by Crippen LogP contribution is 2.32. The van der Waals surface area contributed by atoms with E-state index in [1.54, 1.807) is 37.3 Å². The van der Waals surface area contributed by atoms with Crippen molar-refractivity contribution in [2.75, 3.05) is 20.3 Å². The first-order valence-corrected chi connectivity index (χ1v) is 11.0. The van der Waals surface area contributed by atoms with E-state index in [-0.39, 0.29) is 36.5 Å². The second-order valence-corrected chi connectivity index (χ2v) is 7.97. The highest BCUT2D eigenvalue weighted by Gasteiger charge is 2.35. The predicted molar refractivity (Wildman–Crippen MR) is 128 cm³/mol. The van der Waals surface area contributed by atoms with Gasteiger partial charge in [-0.05, 0) is 42.3 Å². The number of ether oxygens (including phenoxy) is 3. The summed E-state index contributed by atoms with van der Waals surface area (Å²) in [6, 6.07) is 14.3. The van der Waals surface area contributed by atoms with Crippen LogP contribution in [0.3, 0.4) is 0 Å². The molecule has 35 heavy (non-hydrogen) atoms. The maximum Gasteiger partial charge on any atom is 0.302 e. The van der Waals surface area contributed by atoms with E-state index in [0.29, 0.717) is 22.1 Å². The molecule has 1 aliphatic heterocycles. The summed E-state index contributed by atoms with van der Waals surface area (Å²) in [5, 5.41) is 10.1. The van der Waals surface area contributed by atoms with Crippen LogP contribution < -0.4 is 9.47 Å². The molecule has 0 spiro atoms. The molecular formula is C26H23ClN2O6. The standard InChI is InChI=1S/C26H23ClN2O6/c1-16-20(25(31)29(10-11-34-17(2)30)26(32)21(16)14-28)12-18-8-9-23(24(13-18)33-3)35-15-19-6-4-5-7-22(19)27/h4-9,12-13H,10-11,15H2,1-3H3/b20-12+. The number of nitriles is 1. The number of carbonyl (C=O) groups excluding carboxylic acids is 3. The highest BCUT2D eigenvalue weighted by atomic mass is 35.5. The molecule has 0 aromatic heterocycles. The Labute approximate surface area is 207 Å². The summed E-state index contributed by atoms with van der Waals surface area (Å²) in [6.45, 7) is 2.68. The van der Waals surface area contributed by atoms with Crippen molar-refractivity contribution in [1.29, 1.82) is 5.26 Å². The molecule has 9 heteroatoms. The van der Waals surface area contributed by atoms with Gasteiger partial charge in [0.2, 0.25) is 0 Å². The van der Waals surface area contributed by atoms with Gasteiger partial charge < -0.3 is 14.2 Å². The zero-order valence-corrected chi connectivity index (χ0v) is 20.2. The van der Waals surface area contributed by atoms with Crippen molar-refractivity contribution in [3.63, 3.8) is 0 Å². The van der Waals surface area contributed by atoms with Gasteiger partial charge in [-0.15, -0.1) is 0 Å². The normalized spacial score (nSPS) is 14.7. The first-order chi connectivity index (χ1) is 16.8. The van der Waals surface area contributed by atoms with Crippen LogP contribution in [0.2, 0.25) is 5.02 Å². The molecule has 0 aliphatic carbocycles. The number of carbonyl (C=O) groups is 3. The Balaban J connectivity index is 1.89. The van der Waals surface area contributed by atoms with Crippen molar-refractivity contribution in [3.8, 4) is 17.6 Å². The van der Waals surface area contributed by atoms with Crippen LogP contribution in [-0.2, 0) is 25.7 Å². The molecular weight excluding hydrogens is 472 g/mol. The lowest BCUT2D eigenvalue weighted by Gasteiger charge is -2.27. The number of hydrogen-bond acceptors (Lipinski definition) is 7. The lowest BCUT2D eigenvalue weighted by molar-refractivity contribution is -0.147. The van der Waals surface area contributed by atoms with Crippen molar-refractivity contribution in [3.05, 3.63) is 75.3 Å². The molecule has 0 fully saturated rings. The molecule has 0 saturated heterocycles. The second-order valence-electron chi connectivity index (χ2n) is 7.56. The van der Waals surface area contributed by atoms with E-state index in [2.05, 4.69) is 0 Å². The predicted octanol–water partition coefficient (Wildman–Crippen LogP) is 4.08. The van der Waals surface area contributed by atoms with Crippen LogP contribution in [0.1, 0.15) is 25.0 Å². The second kappa shape index (κ2) is 11.4. The number of amides is 2. The summed E-state index contributed by atoms with van der Waals surface area (Å²) in [5.74, 6) is -0.932. The summed E-state index contributed by atoms with van der Waals surface area (Å²) in [4.78, 5) is 37.7. The largest absolute Gasteiger partial charge is 0.493 e. The average molecular weight is 495 g/mol. The smallest absolute Gasteiger partial charge is 0.302 e. The van der Waals surface area contributed by atoms with Crippen LogP contribution in [-0.4, -0.2) is 42.9 Å². The van der Waals surface area contributed by atoms with Gasteiger partial charge in [0.1, 0.15) is 24.9 Å². The van der Waals surface area contributed by atoms with Gasteiger partial charge in [0.25, 0.3) is 11.8 Å². The molecule has 0 atom stereocenters. The molecule has 8 nitrogen and oxygen atoms in total. The van der Waals surface area contributed by atoms with Crippen molar-refractivity contribution < 1.29 is 28.6 Å². The Morgan fingerprint density at radius 2 is 1.89 bits per heavy atom. The Hall–Kier alpha value is -4.09. The molecule has 2 amide bonds. The monoisotopic (exact) mass is 494 g/mol. The molecule has 0 saturated carbocycles. The number of rotatable bonds is 8. The number of nitrogens with zero attached hydrogens (tertiary/aromatic N) is 2. The van der Waals surface area contributed by atoms with Crippen molar-refractivity contribution >= 4 is 35.5 Å². The summed E-state index contributed by atoms with van der Waals surface area (Å²) >= 11 is 6.19. The molecule has 1 aliphatic rings. The third kappa shape index (κ3) is 5.89. The Morgan fingerprint density at radius 1 is 1.14 bits per heavy atom. The number of methoxy groups -OCH3 is 1. The van der Waals surface area contributed by atoms with E-state index >= 15 is 0 Å². The van der Waals surface area contributed by atoms with Crippen LogP contribution in [0.15, 0.2) is 59.2 Å². The minimum Gasteiger partial charge on any atom is -0.493 e. The molecule has 2 aromatic carbocycles. The van der Waals surface area contributed by atoms with Crippen LogP contribution in [0.4, 0.5) is 0 Å². The van der Waals surface area contributed by atoms with Crippen molar-refractivity contribution in [2.24, 2.45) is 0 Å². The van der Waals surface area contributed by atoms with Gasteiger partial charge in [-0.3, -0.25) is 19.3 Å². The highest BCUT2D eigenvalue weighted by molar-refractivity contribution is 6.31. The quantitative estimate of drug-likeness (QED) is 0.309. The first-order valence-electron chi connectivity index (χ1n) is 10.6. The Kier molecular flexibility index (Phi) is 8.29. The number of imide groups is 1. The molecule has 0 radical (unpaired) electrons. The van der Waals surface area contributed by atoms with Gasteiger partial charge in [-0.25, -0.2) is 0 Å². The summed E-state index contributed by atoms with van der Waals surface area (Å²) in [5.41, 5.74) is 1.71. The van der Waals surface area contributed by atoms with Crippen LogP contribution in [0, 0.1) is 11.3 Å². The third-order valence-corrected chi connectivity index (χ3v) is 5.65. The van der Waals surface area contributed by atoms with Gasteiger partial charge in [-0.2, -0.15) is 5.26 Å². The Morgan fingerprint density at radius 3 is 2.54 bits per heavy atom. The van der Waals surface area contributed by atoms with E-state index in [1.165, 1.54) is 14.0 Å². The van der Waals surface area contributed by atoms with E-state index < -0.39 is 17.8 Å². The zero-order chi connectivity index (χ0) is 25.5. The van der Waals surface area contributed by atoms with Crippen LogP contribution in [0.5, 0.6) is 11.5 Å². The maximum absolute atomic E-state index is 13.1. The molecule has 1 heterocycles. The topological polar surface area (TPSA) is 106 Å². The molecule has 0 N–H and O–H groups in total. The lowest BCUT2D eigenvalue weighted by atomic mass is 9.93. The van der Waals surface area contributed by atoms with E-state index in [9.17, 15) is 19.6 Å². The maximum atomic E-state index is 13.1. The minimum absolute atomic E-state index is 0.148. The summed E-state index contributed by atoms with van der Waals surface area (Å²) in [6.07, 6.45) is 1.57. The SMILES string of the molecule is COc1cc(/C=C2/C(=O)N(CCOC(C)=O)C(=O)C(C#N)=C2C)ccc1OCc1ccccc1Cl. The van der Waals surface area contributed by atoms with Gasteiger partial charge in [0, 0.05) is 23.1 Å². The fraction of sp³-hybridized carbons (Fsp3) is 0.231. The third-order valence-electron chi connectivity index (χ3n) is 5.29. The fourth-order valence-corrected chi connectivity index (χ4v) is 3.63. The van der Waals surface area contributed by atoms with Gasteiger partial charge in [0.05, 0.1) is 13.7 Å². The average Bonchev–Trinajstić information content (AvgIpc) is 2.84. The van der Waals surface area contributed by atoms with Crippen molar-refractivity contribution in [1.82, 2.24) is 4.90 Å². The molecule has 2 aromatic rings. The lowest BCUT2D eigenvalue weighted by Crippen LogP contribution is -2.44. The summed E-state index contributed by atoms with van der Waals surface area (Å²) < 4.78 is 16.2. The van der Waals surface area contributed by atoms with Crippen LogP contribution >= 0.6 is 11.6 Å². The number of hydrogen-bond donors (Lipinski definition) is 0. The molecule has 0 bridgehead atoms.